The van der Waals surface area contributed by atoms with Crippen LogP contribution in [0, 0.1) is 0 Å². The second-order valence-corrected chi connectivity index (χ2v) is 6.38. The largest absolute Gasteiger partial charge is 0.313 e. The SMILES string of the molecule is CNC(Cc1csc(-c2cccs2)n1)c1ccccc1. The van der Waals surface area contributed by atoms with Crippen LogP contribution in [-0.4, -0.2) is 12.0 Å². The summed E-state index contributed by atoms with van der Waals surface area (Å²) in [5.74, 6) is 0. The van der Waals surface area contributed by atoms with E-state index >= 15 is 0 Å². The van der Waals surface area contributed by atoms with Gasteiger partial charge in [0, 0.05) is 17.8 Å². The second-order valence-electron chi connectivity index (χ2n) is 4.58. The minimum absolute atomic E-state index is 0.314. The van der Waals surface area contributed by atoms with Gasteiger partial charge >= 0.3 is 0 Å². The molecule has 1 atom stereocenters. The van der Waals surface area contributed by atoms with Crippen LogP contribution in [0.4, 0.5) is 0 Å². The van der Waals surface area contributed by atoms with Gasteiger partial charge in [-0.25, -0.2) is 4.98 Å². The molecule has 0 saturated heterocycles. The molecule has 1 unspecified atom stereocenters. The van der Waals surface area contributed by atoms with E-state index in [0.717, 1.165) is 17.1 Å². The number of likely N-dealkylation sites (N-methyl/N-ethyl adjacent to an activating group) is 1. The molecular weight excluding hydrogens is 284 g/mol. The molecule has 0 aliphatic heterocycles. The predicted molar refractivity (Wildman–Crippen MR) is 87.4 cm³/mol. The first kappa shape index (κ1) is 13.5. The fourth-order valence-electron chi connectivity index (χ4n) is 2.20. The van der Waals surface area contributed by atoms with E-state index in [4.69, 9.17) is 4.98 Å². The van der Waals surface area contributed by atoms with Crippen molar-refractivity contribution in [3.8, 4) is 9.88 Å². The van der Waals surface area contributed by atoms with E-state index in [2.05, 4.69) is 52.5 Å². The van der Waals surface area contributed by atoms with Gasteiger partial charge in [-0.05, 0) is 24.1 Å². The molecular formula is C16H16N2S2. The number of nitrogens with one attached hydrogen (secondary N) is 1. The third-order valence-corrected chi connectivity index (χ3v) is 5.18. The first-order chi connectivity index (χ1) is 9.86. The lowest BCUT2D eigenvalue weighted by atomic mass is 10.0. The van der Waals surface area contributed by atoms with Gasteiger partial charge in [-0.15, -0.1) is 22.7 Å². The average Bonchev–Trinajstić information content (AvgIpc) is 3.16. The molecule has 3 aromatic rings. The number of thiophene rings is 1. The van der Waals surface area contributed by atoms with E-state index < -0.39 is 0 Å². The van der Waals surface area contributed by atoms with Crippen molar-refractivity contribution in [1.29, 1.82) is 0 Å². The summed E-state index contributed by atoms with van der Waals surface area (Å²) < 4.78 is 0. The molecule has 0 fully saturated rings. The minimum Gasteiger partial charge on any atom is -0.313 e. The maximum Gasteiger partial charge on any atom is 0.133 e. The van der Waals surface area contributed by atoms with Gasteiger partial charge in [0.15, 0.2) is 0 Å². The normalized spacial score (nSPS) is 12.4. The Kier molecular flexibility index (Phi) is 4.25. The number of rotatable bonds is 5. The zero-order valence-corrected chi connectivity index (χ0v) is 12.9. The Bertz CT molecular complexity index is 644. The minimum atomic E-state index is 0.314. The van der Waals surface area contributed by atoms with Crippen LogP contribution in [0.15, 0.2) is 53.2 Å². The molecule has 0 radical (unpaired) electrons. The van der Waals surface area contributed by atoms with E-state index in [1.54, 1.807) is 22.7 Å². The Labute approximate surface area is 127 Å². The third-order valence-electron chi connectivity index (χ3n) is 3.25. The molecule has 1 N–H and O–H groups in total. The van der Waals surface area contributed by atoms with Crippen LogP contribution in [-0.2, 0) is 6.42 Å². The number of thiazole rings is 1. The molecule has 20 heavy (non-hydrogen) atoms. The van der Waals surface area contributed by atoms with E-state index in [-0.39, 0.29) is 0 Å². The summed E-state index contributed by atoms with van der Waals surface area (Å²) >= 11 is 3.47. The van der Waals surface area contributed by atoms with Crippen molar-refractivity contribution < 1.29 is 0 Å². The molecule has 0 bridgehead atoms. The van der Waals surface area contributed by atoms with Crippen LogP contribution >= 0.6 is 22.7 Å². The Morgan fingerprint density at radius 2 is 1.95 bits per heavy atom. The molecule has 0 spiro atoms. The van der Waals surface area contributed by atoms with Gasteiger partial charge in [-0.3, -0.25) is 0 Å². The second kappa shape index (κ2) is 6.31. The van der Waals surface area contributed by atoms with E-state index in [9.17, 15) is 0 Å². The summed E-state index contributed by atoms with van der Waals surface area (Å²) in [5, 5.41) is 8.76. The highest BCUT2D eigenvalue weighted by atomic mass is 32.1. The van der Waals surface area contributed by atoms with Crippen LogP contribution < -0.4 is 5.32 Å². The fraction of sp³-hybridized carbons (Fsp3) is 0.188. The van der Waals surface area contributed by atoms with Crippen molar-refractivity contribution in [2.45, 2.75) is 12.5 Å². The summed E-state index contributed by atoms with van der Waals surface area (Å²) in [7, 11) is 2.00. The molecule has 102 valence electrons. The summed E-state index contributed by atoms with van der Waals surface area (Å²) in [6.45, 7) is 0. The standard InChI is InChI=1S/C16H16N2S2/c1-17-14(12-6-3-2-4-7-12)10-13-11-20-16(18-13)15-8-5-9-19-15/h2-9,11,14,17H,10H2,1H3. The summed E-state index contributed by atoms with van der Waals surface area (Å²) in [6.07, 6.45) is 0.919. The van der Waals surface area contributed by atoms with Gasteiger partial charge in [0.25, 0.3) is 0 Å². The van der Waals surface area contributed by atoms with Gasteiger partial charge in [0.05, 0.1) is 10.6 Å². The molecule has 3 rings (SSSR count). The van der Waals surface area contributed by atoms with Crippen molar-refractivity contribution in [2.75, 3.05) is 7.05 Å². The Morgan fingerprint density at radius 1 is 1.10 bits per heavy atom. The number of nitrogens with zero attached hydrogens (tertiary/aromatic N) is 1. The van der Waals surface area contributed by atoms with Crippen molar-refractivity contribution in [2.24, 2.45) is 0 Å². The fourth-order valence-corrected chi connectivity index (χ4v) is 3.84. The van der Waals surface area contributed by atoms with Gasteiger partial charge in [-0.1, -0.05) is 36.4 Å². The summed E-state index contributed by atoms with van der Waals surface area (Å²) in [4.78, 5) is 6.01. The number of benzene rings is 1. The molecule has 2 heterocycles. The highest BCUT2D eigenvalue weighted by Gasteiger charge is 2.13. The van der Waals surface area contributed by atoms with E-state index in [1.807, 2.05) is 13.1 Å². The maximum atomic E-state index is 4.75. The highest BCUT2D eigenvalue weighted by molar-refractivity contribution is 7.20. The zero-order chi connectivity index (χ0) is 13.8. The summed E-state index contributed by atoms with van der Waals surface area (Å²) in [6, 6.07) is 15.0. The topological polar surface area (TPSA) is 24.9 Å². The van der Waals surface area contributed by atoms with Crippen molar-refractivity contribution in [3.05, 3.63) is 64.5 Å². The van der Waals surface area contributed by atoms with Gasteiger partial charge in [0.2, 0.25) is 0 Å². The first-order valence-electron chi connectivity index (χ1n) is 6.57. The van der Waals surface area contributed by atoms with Crippen LogP contribution in [0.25, 0.3) is 9.88 Å². The number of aromatic nitrogens is 1. The van der Waals surface area contributed by atoms with Crippen LogP contribution in [0.2, 0.25) is 0 Å². The molecule has 0 saturated carbocycles. The molecule has 0 amide bonds. The molecule has 2 nitrogen and oxygen atoms in total. The lowest BCUT2D eigenvalue weighted by Crippen LogP contribution is -2.18. The molecule has 2 aromatic heterocycles. The van der Waals surface area contributed by atoms with Crippen molar-refractivity contribution in [1.82, 2.24) is 10.3 Å². The smallest absolute Gasteiger partial charge is 0.133 e. The quantitative estimate of drug-likeness (QED) is 0.756. The Hall–Kier alpha value is -1.49. The molecule has 1 aromatic carbocycles. The van der Waals surface area contributed by atoms with Crippen LogP contribution in [0.1, 0.15) is 17.3 Å². The molecule has 0 aliphatic rings. The van der Waals surface area contributed by atoms with E-state index in [1.165, 1.54) is 10.4 Å². The highest BCUT2D eigenvalue weighted by Crippen LogP contribution is 2.29. The third kappa shape index (κ3) is 2.98. The first-order valence-corrected chi connectivity index (χ1v) is 8.33. The monoisotopic (exact) mass is 300 g/mol. The van der Waals surface area contributed by atoms with Gasteiger partial charge in [-0.2, -0.15) is 0 Å². The zero-order valence-electron chi connectivity index (χ0n) is 11.2. The molecule has 0 aliphatic carbocycles. The lowest BCUT2D eigenvalue weighted by Gasteiger charge is -2.15. The van der Waals surface area contributed by atoms with Crippen LogP contribution in [0.3, 0.4) is 0 Å². The Morgan fingerprint density at radius 3 is 2.65 bits per heavy atom. The van der Waals surface area contributed by atoms with Gasteiger partial charge in [0.1, 0.15) is 5.01 Å². The number of hydrogen-bond acceptors (Lipinski definition) is 4. The Balaban J connectivity index is 1.77. The van der Waals surface area contributed by atoms with Crippen LogP contribution in [0.5, 0.6) is 0 Å². The van der Waals surface area contributed by atoms with Crippen molar-refractivity contribution in [3.63, 3.8) is 0 Å². The summed E-state index contributed by atoms with van der Waals surface area (Å²) in [5.41, 5.74) is 2.46. The van der Waals surface area contributed by atoms with Crippen molar-refractivity contribution >= 4 is 22.7 Å². The maximum absolute atomic E-state index is 4.75. The lowest BCUT2D eigenvalue weighted by molar-refractivity contribution is 0.586. The van der Waals surface area contributed by atoms with E-state index in [0.29, 0.717) is 6.04 Å². The van der Waals surface area contributed by atoms with Gasteiger partial charge < -0.3 is 5.32 Å². The average molecular weight is 300 g/mol. The molecule has 4 heteroatoms. The predicted octanol–water partition coefficient (Wildman–Crippen LogP) is 4.37. The number of hydrogen-bond donors (Lipinski definition) is 1.